The number of nitrogens with zero attached hydrogens (tertiary/aromatic N) is 3. The number of benzene rings is 2. The summed E-state index contributed by atoms with van der Waals surface area (Å²) in [5.74, 6) is -1.56. The predicted octanol–water partition coefficient (Wildman–Crippen LogP) is 4.14. The molecule has 0 N–H and O–H groups in total. The maximum atomic E-state index is 13.3. The number of halogens is 2. The van der Waals surface area contributed by atoms with Crippen molar-refractivity contribution >= 4 is 17.5 Å². The van der Waals surface area contributed by atoms with Crippen molar-refractivity contribution in [2.75, 3.05) is 5.75 Å². The highest BCUT2D eigenvalue weighted by Gasteiger charge is 2.15. The van der Waals surface area contributed by atoms with Crippen LogP contribution in [0.4, 0.5) is 8.78 Å². The van der Waals surface area contributed by atoms with E-state index in [2.05, 4.69) is 10.2 Å². The van der Waals surface area contributed by atoms with Gasteiger partial charge in [-0.2, -0.15) is 0 Å². The number of carbonyl (C=O) groups is 1. The van der Waals surface area contributed by atoms with Crippen LogP contribution in [-0.4, -0.2) is 26.3 Å². The van der Waals surface area contributed by atoms with Crippen molar-refractivity contribution < 1.29 is 13.6 Å². The van der Waals surface area contributed by atoms with E-state index in [4.69, 9.17) is 0 Å². The van der Waals surface area contributed by atoms with E-state index in [1.54, 1.807) is 0 Å². The molecule has 0 amide bonds. The number of aromatic nitrogens is 3. The van der Waals surface area contributed by atoms with Crippen molar-refractivity contribution in [3.63, 3.8) is 0 Å². The Morgan fingerprint density at radius 1 is 1.08 bits per heavy atom. The lowest BCUT2D eigenvalue weighted by Crippen LogP contribution is -2.06. The molecule has 4 nitrogen and oxygen atoms in total. The minimum absolute atomic E-state index is 0.0506. The van der Waals surface area contributed by atoms with Crippen LogP contribution in [0.2, 0.25) is 0 Å². The van der Waals surface area contributed by atoms with Crippen molar-refractivity contribution in [3.05, 3.63) is 71.1 Å². The molecular formula is C18H15F2N3OS. The Morgan fingerprint density at radius 2 is 1.88 bits per heavy atom. The van der Waals surface area contributed by atoms with Gasteiger partial charge in [-0.3, -0.25) is 9.36 Å². The Hall–Kier alpha value is -2.54. The average molecular weight is 359 g/mol. The van der Waals surface area contributed by atoms with Crippen LogP contribution in [0.25, 0.3) is 5.69 Å². The van der Waals surface area contributed by atoms with Gasteiger partial charge in [-0.05, 0) is 49.7 Å². The van der Waals surface area contributed by atoms with Crippen molar-refractivity contribution in [2.24, 2.45) is 0 Å². The molecule has 0 atom stereocenters. The molecule has 0 bridgehead atoms. The first-order chi connectivity index (χ1) is 12.0. The highest BCUT2D eigenvalue weighted by atomic mass is 32.2. The standard InChI is InChI=1S/C18H15F2N3OS/c1-11-4-3-5-14(8-11)23-12(2)21-22-18(23)25-10-17(24)13-6-7-15(19)16(20)9-13/h3-9H,10H2,1-2H3. The highest BCUT2D eigenvalue weighted by molar-refractivity contribution is 7.99. The third kappa shape index (κ3) is 3.76. The first kappa shape index (κ1) is 17.3. The maximum absolute atomic E-state index is 13.3. The van der Waals surface area contributed by atoms with Crippen LogP contribution < -0.4 is 0 Å². The number of hydrogen-bond donors (Lipinski definition) is 0. The zero-order valence-electron chi connectivity index (χ0n) is 13.7. The van der Waals surface area contributed by atoms with Gasteiger partial charge in [0.05, 0.1) is 5.75 Å². The molecular weight excluding hydrogens is 344 g/mol. The molecule has 25 heavy (non-hydrogen) atoms. The molecule has 3 rings (SSSR count). The lowest BCUT2D eigenvalue weighted by atomic mass is 10.1. The first-order valence-electron chi connectivity index (χ1n) is 7.56. The SMILES string of the molecule is Cc1cccc(-n2c(C)nnc2SCC(=O)c2ccc(F)c(F)c2)c1. The fourth-order valence-corrected chi connectivity index (χ4v) is 3.28. The van der Waals surface area contributed by atoms with Crippen LogP contribution in [0.1, 0.15) is 21.7 Å². The summed E-state index contributed by atoms with van der Waals surface area (Å²) in [6, 6.07) is 11.0. The minimum atomic E-state index is -1.03. The number of rotatable bonds is 5. The van der Waals surface area contributed by atoms with E-state index in [1.165, 1.54) is 17.8 Å². The van der Waals surface area contributed by atoms with Crippen molar-refractivity contribution in [3.8, 4) is 5.69 Å². The summed E-state index contributed by atoms with van der Waals surface area (Å²) in [5, 5.41) is 8.75. The van der Waals surface area contributed by atoms with E-state index in [0.29, 0.717) is 11.0 Å². The lowest BCUT2D eigenvalue weighted by molar-refractivity contribution is 0.102. The van der Waals surface area contributed by atoms with E-state index in [0.717, 1.165) is 23.4 Å². The molecule has 0 aliphatic rings. The van der Waals surface area contributed by atoms with Gasteiger partial charge >= 0.3 is 0 Å². The molecule has 0 aliphatic heterocycles. The summed E-state index contributed by atoms with van der Waals surface area (Å²) in [5.41, 5.74) is 2.13. The van der Waals surface area contributed by atoms with Gasteiger partial charge in [0.2, 0.25) is 0 Å². The zero-order chi connectivity index (χ0) is 18.0. The van der Waals surface area contributed by atoms with Gasteiger partial charge in [0.1, 0.15) is 5.82 Å². The number of carbonyl (C=O) groups excluding carboxylic acids is 1. The Labute approximate surface area is 147 Å². The van der Waals surface area contributed by atoms with Gasteiger partial charge in [0.15, 0.2) is 22.6 Å². The third-order valence-corrected chi connectivity index (χ3v) is 4.56. The van der Waals surface area contributed by atoms with Crippen LogP contribution in [0.5, 0.6) is 0 Å². The Balaban J connectivity index is 1.80. The van der Waals surface area contributed by atoms with Gasteiger partial charge < -0.3 is 0 Å². The number of aryl methyl sites for hydroxylation is 2. The van der Waals surface area contributed by atoms with E-state index in [1.807, 2.05) is 42.7 Å². The molecule has 0 fully saturated rings. The summed E-state index contributed by atoms with van der Waals surface area (Å²) < 4.78 is 28.1. The molecule has 0 unspecified atom stereocenters. The molecule has 2 aromatic carbocycles. The highest BCUT2D eigenvalue weighted by Crippen LogP contribution is 2.23. The smallest absolute Gasteiger partial charge is 0.196 e. The molecule has 0 saturated carbocycles. The maximum Gasteiger partial charge on any atom is 0.196 e. The molecule has 0 saturated heterocycles. The van der Waals surface area contributed by atoms with Crippen LogP contribution in [0.15, 0.2) is 47.6 Å². The Morgan fingerprint density at radius 3 is 2.60 bits per heavy atom. The van der Waals surface area contributed by atoms with Gasteiger partial charge in [-0.15, -0.1) is 10.2 Å². The van der Waals surface area contributed by atoms with E-state index in [-0.39, 0.29) is 17.1 Å². The molecule has 0 radical (unpaired) electrons. The average Bonchev–Trinajstić information content (AvgIpc) is 2.96. The zero-order valence-corrected chi connectivity index (χ0v) is 14.5. The summed E-state index contributed by atoms with van der Waals surface area (Å²) in [6.45, 7) is 3.82. The number of Topliss-reactive ketones (excluding diaryl/α,β-unsaturated/α-hetero) is 1. The van der Waals surface area contributed by atoms with Crippen LogP contribution in [0, 0.1) is 25.5 Å². The Kier molecular flexibility index (Phi) is 4.94. The second-order valence-corrected chi connectivity index (χ2v) is 6.49. The van der Waals surface area contributed by atoms with E-state index < -0.39 is 11.6 Å². The fourth-order valence-electron chi connectivity index (χ4n) is 2.38. The fraction of sp³-hybridized carbons (Fsp3) is 0.167. The predicted molar refractivity (Wildman–Crippen MR) is 92.2 cm³/mol. The van der Waals surface area contributed by atoms with Crippen LogP contribution >= 0.6 is 11.8 Å². The first-order valence-corrected chi connectivity index (χ1v) is 8.54. The van der Waals surface area contributed by atoms with E-state index in [9.17, 15) is 13.6 Å². The van der Waals surface area contributed by atoms with E-state index >= 15 is 0 Å². The number of thioether (sulfide) groups is 1. The number of ketones is 1. The molecule has 1 heterocycles. The normalized spacial score (nSPS) is 10.9. The van der Waals surface area contributed by atoms with Gasteiger partial charge in [0.25, 0.3) is 0 Å². The molecule has 128 valence electrons. The van der Waals surface area contributed by atoms with Gasteiger partial charge in [-0.25, -0.2) is 8.78 Å². The summed E-state index contributed by atoms with van der Waals surface area (Å²) >= 11 is 1.21. The summed E-state index contributed by atoms with van der Waals surface area (Å²) in [6.07, 6.45) is 0. The largest absolute Gasteiger partial charge is 0.293 e. The van der Waals surface area contributed by atoms with Gasteiger partial charge in [0, 0.05) is 11.3 Å². The van der Waals surface area contributed by atoms with Crippen LogP contribution in [-0.2, 0) is 0 Å². The van der Waals surface area contributed by atoms with Crippen molar-refractivity contribution in [1.29, 1.82) is 0 Å². The number of hydrogen-bond acceptors (Lipinski definition) is 4. The van der Waals surface area contributed by atoms with Gasteiger partial charge in [-0.1, -0.05) is 23.9 Å². The summed E-state index contributed by atoms with van der Waals surface area (Å²) in [7, 11) is 0. The second-order valence-electron chi connectivity index (χ2n) is 5.54. The van der Waals surface area contributed by atoms with Crippen molar-refractivity contribution in [2.45, 2.75) is 19.0 Å². The molecule has 0 aliphatic carbocycles. The van der Waals surface area contributed by atoms with Crippen LogP contribution in [0.3, 0.4) is 0 Å². The topological polar surface area (TPSA) is 47.8 Å². The molecule has 0 spiro atoms. The summed E-state index contributed by atoms with van der Waals surface area (Å²) in [4.78, 5) is 12.2. The molecule has 3 aromatic rings. The Bertz CT molecular complexity index is 940. The monoisotopic (exact) mass is 359 g/mol. The lowest BCUT2D eigenvalue weighted by Gasteiger charge is -2.09. The third-order valence-electron chi connectivity index (χ3n) is 3.63. The molecule has 1 aromatic heterocycles. The quantitative estimate of drug-likeness (QED) is 0.507. The second kappa shape index (κ2) is 7.14. The minimum Gasteiger partial charge on any atom is -0.293 e. The molecule has 7 heteroatoms. The van der Waals surface area contributed by atoms with Crippen molar-refractivity contribution in [1.82, 2.24) is 14.8 Å².